The van der Waals surface area contributed by atoms with Gasteiger partial charge in [0.2, 0.25) is 0 Å². The standard InChI is InChI=1S/C14H21NO/c1-10-7-13(10)8-15(3)14-5-4-12(9-16)6-11(14)2/h4-6,10,13,16H,7-9H2,1-3H3. The van der Waals surface area contributed by atoms with Gasteiger partial charge >= 0.3 is 0 Å². The summed E-state index contributed by atoms with van der Waals surface area (Å²) in [5.41, 5.74) is 3.54. The summed E-state index contributed by atoms with van der Waals surface area (Å²) in [6.07, 6.45) is 1.37. The molecule has 1 aliphatic rings. The van der Waals surface area contributed by atoms with Gasteiger partial charge in [0.25, 0.3) is 0 Å². The van der Waals surface area contributed by atoms with Crippen molar-refractivity contribution in [2.24, 2.45) is 11.8 Å². The van der Waals surface area contributed by atoms with Crippen LogP contribution in [0.4, 0.5) is 5.69 Å². The maximum Gasteiger partial charge on any atom is 0.0681 e. The van der Waals surface area contributed by atoms with E-state index in [0.29, 0.717) is 0 Å². The summed E-state index contributed by atoms with van der Waals surface area (Å²) >= 11 is 0. The lowest BCUT2D eigenvalue weighted by Gasteiger charge is -2.22. The summed E-state index contributed by atoms with van der Waals surface area (Å²) in [4.78, 5) is 2.34. The van der Waals surface area contributed by atoms with Crippen LogP contribution < -0.4 is 4.90 Å². The third kappa shape index (κ3) is 2.38. The first-order valence-electron chi connectivity index (χ1n) is 6.03. The molecule has 1 N–H and O–H groups in total. The number of rotatable bonds is 4. The highest BCUT2D eigenvalue weighted by molar-refractivity contribution is 5.54. The van der Waals surface area contributed by atoms with Crippen molar-refractivity contribution >= 4 is 5.69 Å². The van der Waals surface area contributed by atoms with Crippen LogP contribution in [0.1, 0.15) is 24.5 Å². The van der Waals surface area contributed by atoms with Crippen LogP contribution in [0.25, 0.3) is 0 Å². The van der Waals surface area contributed by atoms with E-state index in [4.69, 9.17) is 5.11 Å². The lowest BCUT2D eigenvalue weighted by Crippen LogP contribution is -2.21. The Kier molecular flexibility index (Phi) is 3.20. The zero-order chi connectivity index (χ0) is 11.7. The Morgan fingerprint density at radius 2 is 2.12 bits per heavy atom. The van der Waals surface area contributed by atoms with Crippen LogP contribution in [0.3, 0.4) is 0 Å². The van der Waals surface area contributed by atoms with E-state index < -0.39 is 0 Å². The highest BCUT2D eigenvalue weighted by atomic mass is 16.3. The third-order valence-corrected chi connectivity index (χ3v) is 3.64. The van der Waals surface area contributed by atoms with Crippen molar-refractivity contribution in [2.75, 3.05) is 18.5 Å². The fraction of sp³-hybridized carbons (Fsp3) is 0.571. The van der Waals surface area contributed by atoms with Crippen molar-refractivity contribution in [3.63, 3.8) is 0 Å². The van der Waals surface area contributed by atoms with Crippen molar-refractivity contribution in [2.45, 2.75) is 26.9 Å². The molecule has 1 aromatic carbocycles. The molecule has 1 aromatic rings. The molecule has 2 unspecified atom stereocenters. The second-order valence-electron chi connectivity index (χ2n) is 5.13. The van der Waals surface area contributed by atoms with Gasteiger partial charge in [0.15, 0.2) is 0 Å². The number of aliphatic hydroxyl groups excluding tert-OH is 1. The Morgan fingerprint density at radius 1 is 1.44 bits per heavy atom. The molecular weight excluding hydrogens is 198 g/mol. The summed E-state index contributed by atoms with van der Waals surface area (Å²) in [6.45, 7) is 5.71. The zero-order valence-electron chi connectivity index (χ0n) is 10.4. The van der Waals surface area contributed by atoms with Crippen LogP contribution in [-0.2, 0) is 6.61 Å². The van der Waals surface area contributed by atoms with Crippen molar-refractivity contribution in [3.8, 4) is 0 Å². The van der Waals surface area contributed by atoms with Gasteiger partial charge < -0.3 is 10.0 Å². The number of anilines is 1. The number of benzene rings is 1. The van der Waals surface area contributed by atoms with Gasteiger partial charge in [-0.15, -0.1) is 0 Å². The van der Waals surface area contributed by atoms with Crippen molar-refractivity contribution < 1.29 is 5.11 Å². The van der Waals surface area contributed by atoms with E-state index in [1.165, 1.54) is 17.7 Å². The van der Waals surface area contributed by atoms with E-state index in [0.717, 1.165) is 23.9 Å². The van der Waals surface area contributed by atoms with Crippen LogP contribution >= 0.6 is 0 Å². The maximum atomic E-state index is 9.07. The van der Waals surface area contributed by atoms with Crippen molar-refractivity contribution in [1.29, 1.82) is 0 Å². The molecule has 1 fully saturated rings. The van der Waals surface area contributed by atoms with Gasteiger partial charge in [0, 0.05) is 19.3 Å². The fourth-order valence-electron chi connectivity index (χ4n) is 2.35. The second kappa shape index (κ2) is 4.46. The molecule has 1 saturated carbocycles. The highest BCUT2D eigenvalue weighted by Crippen LogP contribution is 2.39. The van der Waals surface area contributed by atoms with Gasteiger partial charge in [-0.3, -0.25) is 0 Å². The molecule has 2 nitrogen and oxygen atoms in total. The van der Waals surface area contributed by atoms with Gasteiger partial charge in [-0.2, -0.15) is 0 Å². The normalized spacial score (nSPS) is 23.2. The highest BCUT2D eigenvalue weighted by Gasteiger charge is 2.33. The Hall–Kier alpha value is -1.02. The first-order valence-corrected chi connectivity index (χ1v) is 6.03. The predicted octanol–water partition coefficient (Wildman–Crippen LogP) is 2.58. The summed E-state index contributed by atoms with van der Waals surface area (Å²) in [6, 6.07) is 6.20. The number of hydrogen-bond donors (Lipinski definition) is 1. The molecule has 0 radical (unpaired) electrons. The minimum atomic E-state index is 0.129. The molecule has 0 heterocycles. The average molecular weight is 219 g/mol. The molecule has 2 rings (SSSR count). The topological polar surface area (TPSA) is 23.5 Å². The predicted molar refractivity (Wildman–Crippen MR) is 67.6 cm³/mol. The second-order valence-corrected chi connectivity index (χ2v) is 5.13. The van der Waals surface area contributed by atoms with Gasteiger partial charge in [0.1, 0.15) is 0 Å². The summed E-state index contributed by atoms with van der Waals surface area (Å²) in [5, 5.41) is 9.07. The summed E-state index contributed by atoms with van der Waals surface area (Å²) in [5.74, 6) is 1.78. The quantitative estimate of drug-likeness (QED) is 0.841. The molecule has 0 spiro atoms. The fourth-order valence-corrected chi connectivity index (χ4v) is 2.35. The number of aliphatic hydroxyl groups is 1. The molecule has 0 bridgehead atoms. The molecule has 0 amide bonds. The Bertz CT molecular complexity index is 375. The number of aryl methyl sites for hydroxylation is 1. The van der Waals surface area contributed by atoms with Gasteiger partial charge in [0.05, 0.1) is 6.61 Å². The smallest absolute Gasteiger partial charge is 0.0681 e. The van der Waals surface area contributed by atoms with Gasteiger partial charge in [-0.25, -0.2) is 0 Å². The first-order chi connectivity index (χ1) is 7.61. The van der Waals surface area contributed by atoms with E-state index in [9.17, 15) is 0 Å². The van der Waals surface area contributed by atoms with E-state index in [1.54, 1.807) is 0 Å². The Morgan fingerprint density at radius 3 is 2.62 bits per heavy atom. The summed E-state index contributed by atoms with van der Waals surface area (Å²) < 4.78 is 0. The van der Waals surface area contributed by atoms with Crippen LogP contribution in [0, 0.1) is 18.8 Å². The SMILES string of the molecule is Cc1cc(CO)ccc1N(C)CC1CC1C. The molecule has 0 aromatic heterocycles. The van der Waals surface area contributed by atoms with E-state index in [1.807, 2.05) is 6.07 Å². The zero-order valence-corrected chi connectivity index (χ0v) is 10.4. The van der Waals surface area contributed by atoms with Crippen LogP contribution in [0.2, 0.25) is 0 Å². The molecule has 0 saturated heterocycles. The average Bonchev–Trinajstić information content (AvgIpc) is 2.93. The maximum absolute atomic E-state index is 9.07. The molecule has 1 aliphatic carbocycles. The van der Waals surface area contributed by atoms with Gasteiger partial charge in [-0.1, -0.05) is 19.1 Å². The minimum Gasteiger partial charge on any atom is -0.392 e. The van der Waals surface area contributed by atoms with Gasteiger partial charge in [-0.05, 0) is 42.4 Å². The Balaban J connectivity index is 2.07. The number of nitrogens with zero attached hydrogens (tertiary/aromatic N) is 1. The molecule has 2 heteroatoms. The first kappa shape index (κ1) is 11.5. The molecule has 16 heavy (non-hydrogen) atoms. The van der Waals surface area contributed by atoms with E-state index in [-0.39, 0.29) is 6.61 Å². The van der Waals surface area contributed by atoms with Crippen molar-refractivity contribution in [1.82, 2.24) is 0 Å². The largest absolute Gasteiger partial charge is 0.392 e. The Labute approximate surface area is 97.9 Å². The van der Waals surface area contributed by atoms with Crippen LogP contribution in [0.5, 0.6) is 0 Å². The van der Waals surface area contributed by atoms with Crippen molar-refractivity contribution in [3.05, 3.63) is 29.3 Å². The lowest BCUT2D eigenvalue weighted by molar-refractivity contribution is 0.282. The molecule has 2 atom stereocenters. The molecular formula is C14H21NO. The lowest BCUT2D eigenvalue weighted by atomic mass is 10.1. The third-order valence-electron chi connectivity index (χ3n) is 3.64. The van der Waals surface area contributed by atoms with E-state index in [2.05, 4.69) is 37.9 Å². The van der Waals surface area contributed by atoms with E-state index >= 15 is 0 Å². The number of hydrogen-bond acceptors (Lipinski definition) is 2. The van der Waals surface area contributed by atoms with Crippen LogP contribution in [0.15, 0.2) is 18.2 Å². The van der Waals surface area contributed by atoms with Crippen LogP contribution in [-0.4, -0.2) is 18.7 Å². The monoisotopic (exact) mass is 219 g/mol. The summed E-state index contributed by atoms with van der Waals surface area (Å²) in [7, 11) is 2.16. The molecule has 88 valence electrons. The minimum absolute atomic E-state index is 0.129. The molecule has 0 aliphatic heterocycles.